The van der Waals surface area contributed by atoms with Crippen LogP contribution in [0.2, 0.25) is 0 Å². The van der Waals surface area contributed by atoms with Crippen molar-refractivity contribution in [2.45, 2.75) is 41.2 Å². The van der Waals surface area contributed by atoms with Gasteiger partial charge in [0, 0.05) is 12.1 Å². The van der Waals surface area contributed by atoms with Crippen LogP contribution < -0.4 is 11.1 Å². The Labute approximate surface area is 121 Å². The molecule has 0 radical (unpaired) electrons. The summed E-state index contributed by atoms with van der Waals surface area (Å²) in [5.41, 5.74) is 9.05. The highest BCUT2D eigenvalue weighted by Gasteiger charge is 2.63. The molecule has 1 aromatic carbocycles. The number of carbonyl (C=O) groups is 1. The molecule has 1 aliphatic carbocycles. The highest BCUT2D eigenvalue weighted by Crippen LogP contribution is 2.67. The van der Waals surface area contributed by atoms with E-state index in [1.807, 2.05) is 19.1 Å². The van der Waals surface area contributed by atoms with E-state index in [0.29, 0.717) is 16.4 Å². The molecule has 1 saturated carbocycles. The normalized spacial score (nSPS) is 19.9. The van der Waals surface area contributed by atoms with Gasteiger partial charge in [-0.15, -0.1) is 0 Å². The molecule has 0 bridgehead atoms. The Morgan fingerprint density at radius 3 is 2.30 bits per heavy atom. The average molecular weight is 274 g/mol. The largest absolute Gasteiger partial charge is 0.366 e. The summed E-state index contributed by atoms with van der Waals surface area (Å²) in [5.74, 6) is 0.356. The molecule has 1 amide bonds. The van der Waals surface area contributed by atoms with E-state index in [0.717, 1.165) is 24.6 Å². The van der Waals surface area contributed by atoms with Gasteiger partial charge in [0.05, 0.1) is 0 Å². The number of nitrogens with two attached hydrogens (primary N) is 1. The minimum atomic E-state index is -0.367. The van der Waals surface area contributed by atoms with Crippen LogP contribution in [0.25, 0.3) is 0 Å². The number of amides is 1. The highest BCUT2D eigenvalue weighted by molar-refractivity contribution is 5.93. The van der Waals surface area contributed by atoms with Crippen LogP contribution in [0.1, 0.15) is 49.2 Å². The van der Waals surface area contributed by atoms with Crippen LogP contribution in [-0.2, 0) is 6.54 Å². The molecule has 3 nitrogen and oxygen atoms in total. The first-order chi connectivity index (χ1) is 9.18. The van der Waals surface area contributed by atoms with Crippen molar-refractivity contribution in [2.75, 3.05) is 6.54 Å². The first-order valence-electron chi connectivity index (χ1n) is 7.28. The summed E-state index contributed by atoms with van der Waals surface area (Å²) in [6.45, 7) is 13.3. The molecule has 2 rings (SSSR count). The highest BCUT2D eigenvalue weighted by atomic mass is 16.1. The van der Waals surface area contributed by atoms with Crippen LogP contribution in [-0.4, -0.2) is 12.5 Å². The van der Waals surface area contributed by atoms with Crippen molar-refractivity contribution >= 4 is 5.91 Å². The van der Waals surface area contributed by atoms with Gasteiger partial charge in [0.1, 0.15) is 0 Å². The Kier molecular flexibility index (Phi) is 3.67. The lowest BCUT2D eigenvalue weighted by Gasteiger charge is -2.10. The van der Waals surface area contributed by atoms with E-state index in [1.165, 1.54) is 5.56 Å². The maximum absolute atomic E-state index is 11.1. The van der Waals surface area contributed by atoms with Crippen molar-refractivity contribution < 1.29 is 4.79 Å². The quantitative estimate of drug-likeness (QED) is 0.867. The first-order valence-corrected chi connectivity index (χ1v) is 7.28. The minimum Gasteiger partial charge on any atom is -0.366 e. The maximum Gasteiger partial charge on any atom is 0.248 e. The van der Waals surface area contributed by atoms with E-state index in [-0.39, 0.29) is 5.91 Å². The molecule has 110 valence electrons. The number of carbonyl (C=O) groups excluding carboxylic acids is 1. The van der Waals surface area contributed by atoms with Crippen molar-refractivity contribution in [3.05, 3.63) is 34.9 Å². The van der Waals surface area contributed by atoms with Gasteiger partial charge < -0.3 is 11.1 Å². The van der Waals surface area contributed by atoms with Gasteiger partial charge in [0.2, 0.25) is 5.91 Å². The van der Waals surface area contributed by atoms with Crippen molar-refractivity contribution in [1.29, 1.82) is 0 Å². The molecule has 1 fully saturated rings. The number of hydrogen-bond donors (Lipinski definition) is 2. The number of primary amides is 1. The van der Waals surface area contributed by atoms with E-state index in [1.54, 1.807) is 6.07 Å². The third-order valence-electron chi connectivity index (χ3n) is 5.61. The minimum absolute atomic E-state index is 0.367. The Morgan fingerprint density at radius 2 is 1.85 bits per heavy atom. The van der Waals surface area contributed by atoms with Gasteiger partial charge in [-0.1, -0.05) is 33.8 Å². The molecule has 1 aromatic rings. The molecular weight excluding hydrogens is 248 g/mol. The molecule has 3 heteroatoms. The van der Waals surface area contributed by atoms with Crippen LogP contribution in [0, 0.1) is 23.7 Å². The standard InChI is InChI=1S/C17H26N2O/c1-11-8-12(15(18)20)6-7-13(11)9-19-10-14-16(2,3)17(14,4)5/h6-8,14,19H,9-10H2,1-5H3,(H2,18,20). The Morgan fingerprint density at radius 1 is 1.25 bits per heavy atom. The number of benzene rings is 1. The van der Waals surface area contributed by atoms with E-state index in [4.69, 9.17) is 5.73 Å². The second-order valence-corrected chi connectivity index (χ2v) is 7.13. The molecule has 0 atom stereocenters. The summed E-state index contributed by atoms with van der Waals surface area (Å²) in [4.78, 5) is 11.1. The fourth-order valence-corrected chi connectivity index (χ4v) is 3.24. The van der Waals surface area contributed by atoms with Gasteiger partial charge in [0.25, 0.3) is 0 Å². The summed E-state index contributed by atoms with van der Waals surface area (Å²) in [7, 11) is 0. The first kappa shape index (κ1) is 15.0. The monoisotopic (exact) mass is 274 g/mol. The summed E-state index contributed by atoms with van der Waals surface area (Å²) in [6, 6.07) is 5.66. The summed E-state index contributed by atoms with van der Waals surface area (Å²) in [6.07, 6.45) is 0. The summed E-state index contributed by atoms with van der Waals surface area (Å²) in [5, 5.41) is 3.55. The van der Waals surface area contributed by atoms with Crippen LogP contribution >= 0.6 is 0 Å². The number of nitrogens with one attached hydrogen (secondary N) is 1. The lowest BCUT2D eigenvalue weighted by molar-refractivity contribution is 0.1000. The zero-order valence-corrected chi connectivity index (χ0v) is 13.2. The topological polar surface area (TPSA) is 55.1 Å². The second kappa shape index (κ2) is 4.88. The van der Waals surface area contributed by atoms with Crippen molar-refractivity contribution in [1.82, 2.24) is 5.32 Å². The molecule has 20 heavy (non-hydrogen) atoms. The number of rotatable bonds is 5. The van der Waals surface area contributed by atoms with Gasteiger partial charge in [-0.05, 0) is 53.5 Å². The van der Waals surface area contributed by atoms with Gasteiger partial charge in [-0.2, -0.15) is 0 Å². The van der Waals surface area contributed by atoms with Crippen molar-refractivity contribution in [3.63, 3.8) is 0 Å². The number of hydrogen-bond acceptors (Lipinski definition) is 2. The zero-order valence-electron chi connectivity index (χ0n) is 13.2. The van der Waals surface area contributed by atoms with Gasteiger partial charge in [0.15, 0.2) is 0 Å². The third-order valence-corrected chi connectivity index (χ3v) is 5.61. The second-order valence-electron chi connectivity index (χ2n) is 7.13. The van der Waals surface area contributed by atoms with Crippen molar-refractivity contribution in [3.8, 4) is 0 Å². The Bertz CT molecular complexity index is 518. The number of aryl methyl sites for hydroxylation is 1. The molecular formula is C17H26N2O. The van der Waals surface area contributed by atoms with Crippen LogP contribution in [0.15, 0.2) is 18.2 Å². The predicted octanol–water partition coefficient (Wildman–Crippen LogP) is 2.87. The predicted molar refractivity (Wildman–Crippen MR) is 82.5 cm³/mol. The Hall–Kier alpha value is -1.35. The molecule has 0 saturated heterocycles. The fraction of sp³-hybridized carbons (Fsp3) is 0.588. The van der Waals surface area contributed by atoms with Gasteiger partial charge in [-0.25, -0.2) is 0 Å². The molecule has 0 aliphatic heterocycles. The van der Waals surface area contributed by atoms with Crippen molar-refractivity contribution in [2.24, 2.45) is 22.5 Å². The third kappa shape index (κ3) is 2.47. The van der Waals surface area contributed by atoms with Gasteiger partial charge >= 0.3 is 0 Å². The maximum atomic E-state index is 11.1. The lowest BCUT2D eigenvalue weighted by atomic mass is 10.0. The van der Waals surface area contributed by atoms with E-state index >= 15 is 0 Å². The molecule has 0 aromatic heterocycles. The molecule has 0 heterocycles. The van der Waals surface area contributed by atoms with Crippen LogP contribution in [0.3, 0.4) is 0 Å². The molecule has 1 aliphatic rings. The van der Waals surface area contributed by atoms with Crippen LogP contribution in [0.5, 0.6) is 0 Å². The SMILES string of the molecule is Cc1cc(C(N)=O)ccc1CNCC1C(C)(C)C1(C)C. The fourth-order valence-electron chi connectivity index (χ4n) is 3.24. The summed E-state index contributed by atoms with van der Waals surface area (Å²) >= 11 is 0. The molecule has 3 N–H and O–H groups in total. The van der Waals surface area contributed by atoms with E-state index in [9.17, 15) is 4.79 Å². The van der Waals surface area contributed by atoms with Gasteiger partial charge in [-0.3, -0.25) is 4.79 Å². The van der Waals surface area contributed by atoms with E-state index < -0.39 is 0 Å². The average Bonchev–Trinajstić information content (AvgIpc) is 2.73. The lowest BCUT2D eigenvalue weighted by Crippen LogP contribution is -2.19. The summed E-state index contributed by atoms with van der Waals surface area (Å²) < 4.78 is 0. The molecule has 0 unspecified atom stereocenters. The Balaban J connectivity index is 1.91. The van der Waals surface area contributed by atoms with Crippen LogP contribution in [0.4, 0.5) is 0 Å². The molecule has 0 spiro atoms. The van der Waals surface area contributed by atoms with E-state index in [2.05, 4.69) is 33.0 Å². The smallest absolute Gasteiger partial charge is 0.248 e. The zero-order chi connectivity index (χ0) is 15.1.